The van der Waals surface area contributed by atoms with Gasteiger partial charge in [-0.2, -0.15) is 0 Å². The zero-order valence-electron chi connectivity index (χ0n) is 15.0. The summed E-state index contributed by atoms with van der Waals surface area (Å²) in [4.78, 5) is 20.0. The summed E-state index contributed by atoms with van der Waals surface area (Å²) in [6, 6.07) is 2.25. The van der Waals surface area contributed by atoms with Crippen molar-refractivity contribution in [2.45, 2.75) is 50.7 Å². The van der Waals surface area contributed by atoms with Gasteiger partial charge in [-0.3, -0.25) is 0 Å². The number of fused-ring (bicyclic) bond motifs is 1. The Kier molecular flexibility index (Phi) is 3.54. The van der Waals surface area contributed by atoms with Crippen LogP contribution in [0.4, 0.5) is 5.69 Å². The van der Waals surface area contributed by atoms with Crippen molar-refractivity contribution in [3.63, 3.8) is 0 Å². The lowest BCUT2D eigenvalue weighted by molar-refractivity contribution is -0.129. The van der Waals surface area contributed by atoms with E-state index < -0.39 is 5.60 Å². The first-order valence-electron chi connectivity index (χ1n) is 9.68. The first-order chi connectivity index (χ1) is 12.6. The van der Waals surface area contributed by atoms with Crippen LogP contribution >= 0.6 is 0 Å². The van der Waals surface area contributed by atoms with Gasteiger partial charge in [-0.1, -0.05) is 0 Å². The van der Waals surface area contributed by atoms with Crippen molar-refractivity contribution in [1.29, 1.82) is 0 Å². The fourth-order valence-corrected chi connectivity index (χ4v) is 5.91. The molecule has 2 heterocycles. The molecule has 0 spiro atoms. The van der Waals surface area contributed by atoms with Crippen LogP contribution in [0.1, 0.15) is 49.4 Å². The third-order valence-corrected chi connectivity index (χ3v) is 6.63. The topological polar surface area (TPSA) is 87.2 Å². The number of carbonyl (C=O) groups is 1. The summed E-state index contributed by atoms with van der Waals surface area (Å²) in [5.41, 5.74) is 1.62. The number of nitrogens with one attached hydrogen (secondary N) is 2. The second-order valence-electron chi connectivity index (χ2n) is 8.37. The number of esters is 1. The minimum atomic E-state index is -0.458. The lowest BCUT2D eigenvalue weighted by Gasteiger charge is -2.58. The highest BCUT2D eigenvalue weighted by atomic mass is 16.5. The molecule has 4 aliphatic rings. The number of carbonyl (C=O) groups excluding carboxylic acids is 1. The molecule has 0 amide bonds. The van der Waals surface area contributed by atoms with Crippen LogP contribution in [0.15, 0.2) is 18.5 Å². The monoisotopic (exact) mass is 355 g/mol. The highest BCUT2D eigenvalue weighted by Crippen LogP contribution is 2.56. The molecular weight excluding hydrogens is 330 g/mol. The largest absolute Gasteiger partial charge is 0.462 e. The zero-order valence-corrected chi connectivity index (χ0v) is 15.0. The molecule has 0 aromatic carbocycles. The van der Waals surface area contributed by atoms with Gasteiger partial charge in [0.25, 0.3) is 0 Å². The Balaban J connectivity index is 1.52. The van der Waals surface area contributed by atoms with Gasteiger partial charge in [0.15, 0.2) is 0 Å². The first kappa shape index (κ1) is 16.1. The van der Waals surface area contributed by atoms with Crippen molar-refractivity contribution in [2.24, 2.45) is 17.8 Å². The van der Waals surface area contributed by atoms with E-state index in [0.29, 0.717) is 36.0 Å². The van der Waals surface area contributed by atoms with Crippen molar-refractivity contribution in [2.75, 3.05) is 11.9 Å². The Morgan fingerprint density at radius 1 is 1.38 bits per heavy atom. The number of pyridine rings is 1. The van der Waals surface area contributed by atoms with Gasteiger partial charge in [0.05, 0.1) is 17.9 Å². The van der Waals surface area contributed by atoms with E-state index in [1.54, 1.807) is 6.20 Å². The minimum absolute atomic E-state index is 0.292. The molecular formula is C20H25N3O3. The van der Waals surface area contributed by atoms with Gasteiger partial charge in [-0.15, -0.1) is 0 Å². The van der Waals surface area contributed by atoms with Gasteiger partial charge in [0.2, 0.25) is 0 Å². The molecule has 6 rings (SSSR count). The maximum absolute atomic E-state index is 12.5. The van der Waals surface area contributed by atoms with Crippen molar-refractivity contribution < 1.29 is 14.6 Å². The summed E-state index contributed by atoms with van der Waals surface area (Å²) in [5, 5.41) is 15.4. The molecule has 0 saturated heterocycles. The molecule has 0 radical (unpaired) electrons. The maximum Gasteiger partial charge on any atom is 0.341 e. The van der Waals surface area contributed by atoms with Crippen LogP contribution in [0.5, 0.6) is 0 Å². The number of anilines is 1. The number of nitrogens with zero attached hydrogens (tertiary/aromatic N) is 1. The fraction of sp³-hybridized carbons (Fsp3) is 0.600. The third-order valence-electron chi connectivity index (χ3n) is 6.63. The van der Waals surface area contributed by atoms with Gasteiger partial charge in [0, 0.05) is 23.8 Å². The molecule has 26 heavy (non-hydrogen) atoms. The fourth-order valence-electron chi connectivity index (χ4n) is 5.91. The lowest BCUT2D eigenvalue weighted by atomic mass is 9.52. The van der Waals surface area contributed by atoms with Gasteiger partial charge in [-0.25, -0.2) is 9.78 Å². The van der Waals surface area contributed by atoms with Gasteiger partial charge in [-0.05, 0) is 62.8 Å². The van der Waals surface area contributed by atoms with Crippen molar-refractivity contribution >= 4 is 22.7 Å². The molecule has 3 N–H and O–H groups in total. The number of rotatable bonds is 4. The molecule has 2 aromatic heterocycles. The van der Waals surface area contributed by atoms with E-state index in [9.17, 15) is 9.90 Å². The standard InChI is InChI=1S/C20H25N3O3/c1-2-26-19(24)15-10-22-18-14(3-4-21-18)17(15)23-16-12-5-11-6-13(16)9-20(25,7-11)8-12/h3-4,10-13,16,25H,2,5-9H2,1H3,(H2,21,22,23)/t11?,12-,13+,16?,20?. The van der Waals surface area contributed by atoms with Crippen LogP contribution in [0.2, 0.25) is 0 Å². The number of hydrogen-bond donors (Lipinski definition) is 3. The van der Waals surface area contributed by atoms with Crippen LogP contribution < -0.4 is 5.32 Å². The highest BCUT2D eigenvalue weighted by molar-refractivity contribution is 6.04. The molecule has 6 heteroatoms. The van der Waals surface area contributed by atoms with E-state index in [2.05, 4.69) is 15.3 Å². The predicted octanol–water partition coefficient (Wildman–Crippen LogP) is 3.09. The second-order valence-corrected chi connectivity index (χ2v) is 8.37. The normalized spacial score (nSPS) is 35.0. The Bertz CT molecular complexity index is 845. The van der Waals surface area contributed by atoms with Gasteiger partial charge < -0.3 is 20.1 Å². The molecule has 2 aromatic rings. The Morgan fingerprint density at radius 2 is 2.15 bits per heavy atom. The quantitative estimate of drug-likeness (QED) is 0.734. The van der Waals surface area contributed by atoms with Crippen LogP contribution in [0.25, 0.3) is 11.0 Å². The van der Waals surface area contributed by atoms with E-state index >= 15 is 0 Å². The molecule has 3 unspecified atom stereocenters. The van der Waals surface area contributed by atoms with E-state index in [-0.39, 0.29) is 5.97 Å². The molecule has 0 aliphatic heterocycles. The summed E-state index contributed by atoms with van der Waals surface area (Å²) < 4.78 is 5.25. The van der Waals surface area contributed by atoms with Crippen LogP contribution in [-0.4, -0.2) is 39.3 Å². The summed E-state index contributed by atoms with van der Waals surface area (Å²) in [5.74, 6) is 1.24. The average molecular weight is 355 g/mol. The van der Waals surface area contributed by atoms with Crippen molar-refractivity contribution in [1.82, 2.24) is 9.97 Å². The number of hydrogen-bond acceptors (Lipinski definition) is 5. The Labute approximate surface area is 152 Å². The van der Waals surface area contributed by atoms with E-state index in [0.717, 1.165) is 36.0 Å². The van der Waals surface area contributed by atoms with Gasteiger partial charge >= 0.3 is 5.97 Å². The first-order valence-corrected chi connectivity index (χ1v) is 9.68. The number of H-pyrrole nitrogens is 1. The van der Waals surface area contributed by atoms with Crippen LogP contribution in [0, 0.1) is 17.8 Å². The molecule has 4 saturated carbocycles. The van der Waals surface area contributed by atoms with Crippen LogP contribution in [-0.2, 0) is 4.74 Å². The van der Waals surface area contributed by atoms with E-state index in [1.165, 1.54) is 12.8 Å². The Morgan fingerprint density at radius 3 is 2.85 bits per heavy atom. The summed E-state index contributed by atoms with van der Waals surface area (Å²) in [6.07, 6.45) is 8.50. The SMILES string of the molecule is CCOC(=O)c1cnc2[nH]ccc2c1NC1[C@@H]2CC3C[C@H]1CC(O)(C3)C2. The number of aromatic amines is 1. The molecule has 4 aliphatic carbocycles. The van der Waals surface area contributed by atoms with E-state index in [1.807, 2.05) is 19.2 Å². The average Bonchev–Trinajstić information content (AvgIpc) is 3.05. The second kappa shape index (κ2) is 5.71. The number of ether oxygens (including phenoxy) is 1. The highest BCUT2D eigenvalue weighted by Gasteiger charge is 2.54. The molecule has 4 fully saturated rings. The smallest absolute Gasteiger partial charge is 0.341 e. The Hall–Kier alpha value is -2.08. The molecule has 138 valence electrons. The van der Waals surface area contributed by atoms with Crippen LogP contribution in [0.3, 0.4) is 0 Å². The summed E-state index contributed by atoms with van der Waals surface area (Å²) in [7, 11) is 0. The van der Waals surface area contributed by atoms with E-state index in [4.69, 9.17) is 4.74 Å². The third kappa shape index (κ3) is 2.42. The van der Waals surface area contributed by atoms with Crippen molar-refractivity contribution in [3.8, 4) is 0 Å². The molecule has 5 atom stereocenters. The maximum atomic E-state index is 12.5. The number of aromatic nitrogens is 2. The zero-order chi connectivity index (χ0) is 17.9. The summed E-state index contributed by atoms with van der Waals surface area (Å²) >= 11 is 0. The van der Waals surface area contributed by atoms with Gasteiger partial charge in [0.1, 0.15) is 11.2 Å². The lowest BCUT2D eigenvalue weighted by Crippen LogP contribution is -2.59. The minimum Gasteiger partial charge on any atom is -0.462 e. The molecule has 4 bridgehead atoms. The number of aliphatic hydroxyl groups is 1. The predicted molar refractivity (Wildman–Crippen MR) is 98.0 cm³/mol. The van der Waals surface area contributed by atoms with Crippen molar-refractivity contribution in [3.05, 3.63) is 24.0 Å². The molecule has 6 nitrogen and oxygen atoms in total. The summed E-state index contributed by atoms with van der Waals surface area (Å²) in [6.45, 7) is 2.15.